The molecule has 19 heavy (non-hydrogen) atoms. The van der Waals surface area contributed by atoms with Gasteiger partial charge < -0.3 is 15.4 Å². The lowest BCUT2D eigenvalue weighted by atomic mass is 10.1. The van der Waals surface area contributed by atoms with E-state index in [0.717, 1.165) is 19.5 Å². The molecule has 0 atom stereocenters. The molecule has 1 saturated carbocycles. The topological polar surface area (TPSA) is 50.4 Å². The van der Waals surface area contributed by atoms with Gasteiger partial charge >= 0.3 is 0 Å². The van der Waals surface area contributed by atoms with Crippen molar-refractivity contribution in [1.82, 2.24) is 10.6 Å². The van der Waals surface area contributed by atoms with E-state index in [-0.39, 0.29) is 18.3 Å². The van der Waals surface area contributed by atoms with E-state index in [1.807, 2.05) is 0 Å². The maximum Gasteiger partial charge on any atom is 0.220 e. The first-order chi connectivity index (χ1) is 8.83. The van der Waals surface area contributed by atoms with Crippen LogP contribution in [0.25, 0.3) is 0 Å². The monoisotopic (exact) mass is 292 g/mol. The second-order valence-corrected chi connectivity index (χ2v) is 5.09. The van der Waals surface area contributed by atoms with Gasteiger partial charge in [-0.25, -0.2) is 0 Å². The quantitative estimate of drug-likeness (QED) is 0.533. The van der Waals surface area contributed by atoms with Crippen molar-refractivity contribution >= 4 is 18.3 Å². The van der Waals surface area contributed by atoms with Crippen LogP contribution in [-0.2, 0) is 9.53 Å². The van der Waals surface area contributed by atoms with Gasteiger partial charge in [-0.1, -0.05) is 25.7 Å². The van der Waals surface area contributed by atoms with E-state index in [4.69, 9.17) is 4.74 Å². The van der Waals surface area contributed by atoms with Crippen molar-refractivity contribution in [3.63, 3.8) is 0 Å². The van der Waals surface area contributed by atoms with Crippen LogP contribution in [-0.4, -0.2) is 38.8 Å². The van der Waals surface area contributed by atoms with Crippen LogP contribution < -0.4 is 10.6 Å². The lowest BCUT2D eigenvalue weighted by molar-refractivity contribution is -0.121. The molecule has 1 aliphatic rings. The van der Waals surface area contributed by atoms with Crippen molar-refractivity contribution < 1.29 is 9.53 Å². The largest absolute Gasteiger partial charge is 0.385 e. The van der Waals surface area contributed by atoms with Gasteiger partial charge in [0.05, 0.1) is 0 Å². The molecular formula is C14H29ClN2O2. The lowest BCUT2D eigenvalue weighted by Gasteiger charge is -2.16. The fraction of sp³-hybridized carbons (Fsp3) is 0.929. The minimum atomic E-state index is 0. The SMILES string of the molecule is COCCCC(=O)NCCNC1CCCCCC1.Cl. The Hall–Kier alpha value is -0.320. The van der Waals surface area contributed by atoms with E-state index in [2.05, 4.69) is 10.6 Å². The molecule has 0 aromatic heterocycles. The number of nitrogens with one attached hydrogen (secondary N) is 2. The lowest BCUT2D eigenvalue weighted by Crippen LogP contribution is -2.36. The molecule has 0 spiro atoms. The van der Waals surface area contributed by atoms with Crippen LogP contribution in [0.4, 0.5) is 0 Å². The second kappa shape index (κ2) is 12.7. The van der Waals surface area contributed by atoms with Crippen molar-refractivity contribution in [1.29, 1.82) is 0 Å². The summed E-state index contributed by atoms with van der Waals surface area (Å²) in [6.45, 7) is 2.29. The van der Waals surface area contributed by atoms with Gasteiger partial charge in [0, 0.05) is 39.3 Å². The van der Waals surface area contributed by atoms with Crippen LogP contribution in [0.15, 0.2) is 0 Å². The van der Waals surface area contributed by atoms with E-state index < -0.39 is 0 Å². The second-order valence-electron chi connectivity index (χ2n) is 5.09. The van der Waals surface area contributed by atoms with Crippen molar-refractivity contribution in [2.75, 3.05) is 26.8 Å². The third-order valence-electron chi connectivity index (χ3n) is 3.49. The van der Waals surface area contributed by atoms with Crippen LogP contribution in [0.3, 0.4) is 0 Å². The number of carbonyl (C=O) groups excluding carboxylic acids is 1. The fourth-order valence-electron chi connectivity index (χ4n) is 2.43. The molecule has 4 nitrogen and oxygen atoms in total. The fourth-order valence-corrected chi connectivity index (χ4v) is 2.43. The molecule has 2 N–H and O–H groups in total. The van der Waals surface area contributed by atoms with E-state index in [0.29, 0.717) is 19.1 Å². The highest BCUT2D eigenvalue weighted by Gasteiger charge is 2.10. The maximum atomic E-state index is 11.4. The predicted molar refractivity (Wildman–Crippen MR) is 80.9 cm³/mol. The van der Waals surface area contributed by atoms with E-state index >= 15 is 0 Å². The molecule has 1 aliphatic carbocycles. The van der Waals surface area contributed by atoms with Crippen molar-refractivity contribution in [3.8, 4) is 0 Å². The Labute approximate surface area is 123 Å². The summed E-state index contributed by atoms with van der Waals surface area (Å²) in [5.74, 6) is 0.134. The first-order valence-electron chi connectivity index (χ1n) is 7.32. The molecule has 1 fully saturated rings. The molecule has 0 unspecified atom stereocenters. The van der Waals surface area contributed by atoms with E-state index in [9.17, 15) is 4.79 Å². The Bertz CT molecular complexity index is 219. The Morgan fingerprint density at radius 2 is 1.84 bits per heavy atom. The number of amides is 1. The van der Waals surface area contributed by atoms with Gasteiger partial charge in [-0.15, -0.1) is 12.4 Å². The van der Waals surface area contributed by atoms with Crippen LogP contribution in [0.5, 0.6) is 0 Å². The minimum Gasteiger partial charge on any atom is -0.385 e. The molecule has 5 heteroatoms. The molecule has 0 bridgehead atoms. The van der Waals surface area contributed by atoms with Gasteiger partial charge in [-0.2, -0.15) is 0 Å². The number of halogens is 1. The summed E-state index contributed by atoms with van der Waals surface area (Å²) in [7, 11) is 1.66. The summed E-state index contributed by atoms with van der Waals surface area (Å²) in [6.07, 6.45) is 9.42. The third-order valence-corrected chi connectivity index (χ3v) is 3.49. The molecule has 0 aromatic carbocycles. The maximum absolute atomic E-state index is 11.4. The summed E-state index contributed by atoms with van der Waals surface area (Å²) in [5, 5.41) is 6.48. The van der Waals surface area contributed by atoms with Crippen LogP contribution in [0.1, 0.15) is 51.4 Å². The van der Waals surface area contributed by atoms with E-state index in [1.54, 1.807) is 7.11 Å². The zero-order valence-electron chi connectivity index (χ0n) is 12.1. The van der Waals surface area contributed by atoms with Crippen LogP contribution in [0.2, 0.25) is 0 Å². The zero-order chi connectivity index (χ0) is 13.1. The minimum absolute atomic E-state index is 0. The molecule has 0 saturated heterocycles. The van der Waals surface area contributed by atoms with Crippen LogP contribution >= 0.6 is 12.4 Å². The van der Waals surface area contributed by atoms with Crippen LogP contribution in [0, 0.1) is 0 Å². The smallest absolute Gasteiger partial charge is 0.220 e. The normalized spacial score (nSPS) is 16.5. The molecule has 0 radical (unpaired) electrons. The highest BCUT2D eigenvalue weighted by Crippen LogP contribution is 2.16. The van der Waals surface area contributed by atoms with Gasteiger partial charge in [0.15, 0.2) is 0 Å². The highest BCUT2D eigenvalue weighted by atomic mass is 35.5. The summed E-state index contributed by atoms with van der Waals surface area (Å²) in [5.41, 5.74) is 0. The Morgan fingerprint density at radius 1 is 1.16 bits per heavy atom. The van der Waals surface area contributed by atoms with E-state index in [1.165, 1.54) is 38.5 Å². The summed E-state index contributed by atoms with van der Waals surface area (Å²) in [6, 6.07) is 0.665. The molecule has 0 heterocycles. The third kappa shape index (κ3) is 10.2. The van der Waals surface area contributed by atoms with Gasteiger partial charge in [-0.3, -0.25) is 4.79 Å². The zero-order valence-corrected chi connectivity index (χ0v) is 12.9. The molecule has 1 rings (SSSR count). The van der Waals surface area contributed by atoms with Gasteiger partial charge in [-0.05, 0) is 19.3 Å². The standard InChI is InChI=1S/C14H28N2O2.ClH/c1-18-12-6-9-14(17)16-11-10-15-13-7-4-2-3-5-8-13;/h13,15H,2-12H2,1H3,(H,16,17);1H. The van der Waals surface area contributed by atoms with Gasteiger partial charge in [0.25, 0.3) is 0 Å². The first-order valence-corrected chi connectivity index (χ1v) is 7.32. The molecular weight excluding hydrogens is 264 g/mol. The average Bonchev–Trinajstić information content (AvgIpc) is 2.63. The van der Waals surface area contributed by atoms with Crippen molar-refractivity contribution in [3.05, 3.63) is 0 Å². The predicted octanol–water partition coefficient (Wildman–Crippen LogP) is 2.26. The average molecular weight is 293 g/mol. The van der Waals surface area contributed by atoms with Crippen molar-refractivity contribution in [2.24, 2.45) is 0 Å². The number of methoxy groups -OCH3 is 1. The molecule has 114 valence electrons. The molecule has 1 amide bonds. The summed E-state index contributed by atoms with van der Waals surface area (Å²) >= 11 is 0. The Morgan fingerprint density at radius 3 is 2.47 bits per heavy atom. The van der Waals surface area contributed by atoms with Gasteiger partial charge in [0.1, 0.15) is 0 Å². The highest BCUT2D eigenvalue weighted by molar-refractivity contribution is 5.85. The first kappa shape index (κ1) is 18.7. The molecule has 0 aliphatic heterocycles. The number of hydrogen-bond acceptors (Lipinski definition) is 3. The van der Waals surface area contributed by atoms with Gasteiger partial charge in [0.2, 0.25) is 5.91 Å². The number of ether oxygens (including phenoxy) is 1. The molecule has 0 aromatic rings. The van der Waals surface area contributed by atoms with Crippen molar-refractivity contribution in [2.45, 2.75) is 57.4 Å². The number of carbonyl (C=O) groups is 1. The summed E-state index contributed by atoms with van der Waals surface area (Å²) < 4.78 is 4.92. The Kier molecular flexibility index (Phi) is 12.5. The Balaban J connectivity index is 0.00000324. The number of hydrogen-bond donors (Lipinski definition) is 2. The summed E-state index contributed by atoms with van der Waals surface area (Å²) in [4.78, 5) is 11.4. The number of rotatable bonds is 8.